The van der Waals surface area contributed by atoms with Crippen LogP contribution < -0.4 is 10.6 Å². The van der Waals surface area contributed by atoms with Gasteiger partial charge in [0.05, 0.1) is 5.52 Å². The zero-order valence-corrected chi connectivity index (χ0v) is 19.8. The van der Waals surface area contributed by atoms with Crippen LogP contribution in [0.2, 0.25) is 0 Å². The number of hydrogen-bond acceptors (Lipinski definition) is 6. The van der Waals surface area contributed by atoms with Crippen LogP contribution >= 0.6 is 0 Å². The van der Waals surface area contributed by atoms with E-state index in [1.54, 1.807) is 25.2 Å². The lowest BCUT2D eigenvalue weighted by Crippen LogP contribution is -2.54. The number of pyridine rings is 1. The van der Waals surface area contributed by atoms with E-state index in [1.165, 1.54) is 4.57 Å². The first-order chi connectivity index (χ1) is 16.4. The van der Waals surface area contributed by atoms with Gasteiger partial charge in [-0.3, -0.25) is 9.47 Å². The second-order valence-corrected chi connectivity index (χ2v) is 9.43. The van der Waals surface area contributed by atoms with Crippen molar-refractivity contribution in [2.45, 2.75) is 51.1 Å². The van der Waals surface area contributed by atoms with Gasteiger partial charge in [-0.1, -0.05) is 19.1 Å². The van der Waals surface area contributed by atoms with Gasteiger partial charge >= 0.3 is 5.69 Å². The molecule has 3 heterocycles. The van der Waals surface area contributed by atoms with Crippen LogP contribution in [0.15, 0.2) is 35.1 Å². The monoisotopic (exact) mass is 460 g/mol. The lowest BCUT2D eigenvalue weighted by Gasteiger charge is -2.44. The van der Waals surface area contributed by atoms with E-state index in [-0.39, 0.29) is 23.6 Å². The van der Waals surface area contributed by atoms with E-state index in [0.717, 1.165) is 30.4 Å². The van der Waals surface area contributed by atoms with Crippen LogP contribution in [0.1, 0.15) is 61.9 Å². The largest absolute Gasteiger partial charge is 0.352 e. The summed E-state index contributed by atoms with van der Waals surface area (Å²) < 4.78 is 16.5. The fourth-order valence-electron chi connectivity index (χ4n) is 5.16. The Bertz CT molecular complexity index is 1340. The zero-order valence-electron chi connectivity index (χ0n) is 19.8. The van der Waals surface area contributed by atoms with Crippen molar-refractivity contribution in [2.24, 2.45) is 7.05 Å². The number of nitriles is 1. The summed E-state index contributed by atoms with van der Waals surface area (Å²) in [5, 5.41) is 9.33. The SMILES string of the molecule is CCC1CN(c2nc(=O)n(C)c3ccc(C#N)nc23)CCN1C(C)c1ccc(C2CC2)cc1F. The highest BCUT2D eigenvalue weighted by Crippen LogP contribution is 2.41. The van der Waals surface area contributed by atoms with Gasteiger partial charge in [-0.15, -0.1) is 0 Å². The first-order valence-corrected chi connectivity index (χ1v) is 12.0. The van der Waals surface area contributed by atoms with Gasteiger partial charge in [-0.05, 0) is 55.9 Å². The smallest absolute Gasteiger partial charge is 0.349 e. The molecular weight excluding hydrogens is 431 g/mol. The van der Waals surface area contributed by atoms with Gasteiger partial charge in [0.15, 0.2) is 5.82 Å². The third kappa shape index (κ3) is 3.94. The van der Waals surface area contributed by atoms with Crippen molar-refractivity contribution in [3.8, 4) is 6.07 Å². The molecule has 3 aromatic rings. The Morgan fingerprint density at radius 2 is 2.00 bits per heavy atom. The highest BCUT2D eigenvalue weighted by atomic mass is 19.1. The summed E-state index contributed by atoms with van der Waals surface area (Å²) in [4.78, 5) is 25.8. The average Bonchev–Trinajstić information content (AvgIpc) is 3.70. The van der Waals surface area contributed by atoms with Crippen molar-refractivity contribution in [3.63, 3.8) is 0 Å². The Hall–Kier alpha value is -3.31. The maximum Gasteiger partial charge on any atom is 0.349 e. The lowest BCUT2D eigenvalue weighted by atomic mass is 9.98. The normalized spacial score (nSPS) is 19.9. The number of hydrogen-bond donors (Lipinski definition) is 0. The van der Waals surface area contributed by atoms with E-state index >= 15 is 4.39 Å². The quantitative estimate of drug-likeness (QED) is 0.575. The first-order valence-electron chi connectivity index (χ1n) is 12.0. The molecule has 0 amide bonds. The number of nitrogens with zero attached hydrogens (tertiary/aromatic N) is 6. The molecule has 0 bridgehead atoms. The predicted molar refractivity (Wildman–Crippen MR) is 129 cm³/mol. The third-order valence-corrected chi connectivity index (χ3v) is 7.37. The van der Waals surface area contributed by atoms with Crippen LogP contribution in [-0.4, -0.2) is 45.1 Å². The van der Waals surface area contributed by atoms with Gasteiger partial charge in [0.1, 0.15) is 23.1 Å². The van der Waals surface area contributed by atoms with Crippen LogP contribution in [-0.2, 0) is 7.05 Å². The minimum absolute atomic E-state index is 0.0583. The van der Waals surface area contributed by atoms with E-state index in [2.05, 4.69) is 45.8 Å². The minimum Gasteiger partial charge on any atom is -0.352 e. The maximum atomic E-state index is 15.0. The van der Waals surface area contributed by atoms with Crippen molar-refractivity contribution in [1.82, 2.24) is 19.4 Å². The lowest BCUT2D eigenvalue weighted by molar-refractivity contribution is 0.121. The Kier molecular flexibility index (Phi) is 5.82. The average molecular weight is 461 g/mol. The van der Waals surface area contributed by atoms with Crippen LogP contribution in [0.3, 0.4) is 0 Å². The summed E-state index contributed by atoms with van der Waals surface area (Å²) in [5.41, 5.74) is 2.98. The molecule has 0 radical (unpaired) electrons. The van der Waals surface area contributed by atoms with E-state index in [0.29, 0.717) is 48.1 Å². The van der Waals surface area contributed by atoms with Gasteiger partial charge in [-0.25, -0.2) is 14.2 Å². The molecular formula is C26H29FN6O. The van der Waals surface area contributed by atoms with E-state index in [1.807, 2.05) is 6.07 Å². The Balaban J connectivity index is 1.44. The number of benzene rings is 1. The third-order valence-electron chi connectivity index (χ3n) is 7.37. The van der Waals surface area contributed by atoms with Crippen molar-refractivity contribution in [2.75, 3.05) is 24.5 Å². The molecule has 1 aliphatic carbocycles. The second kappa shape index (κ2) is 8.80. The molecule has 2 atom stereocenters. The molecule has 7 nitrogen and oxygen atoms in total. The molecule has 176 valence electrons. The number of rotatable bonds is 5. The van der Waals surface area contributed by atoms with Gasteiger partial charge in [0.2, 0.25) is 0 Å². The fourth-order valence-corrected chi connectivity index (χ4v) is 5.16. The summed E-state index contributed by atoms with van der Waals surface area (Å²) in [7, 11) is 1.66. The van der Waals surface area contributed by atoms with Crippen molar-refractivity contribution < 1.29 is 4.39 Å². The molecule has 1 saturated carbocycles. The Labute approximate surface area is 198 Å². The van der Waals surface area contributed by atoms with Crippen molar-refractivity contribution in [1.29, 1.82) is 5.26 Å². The number of aromatic nitrogens is 3. The molecule has 1 saturated heterocycles. The van der Waals surface area contributed by atoms with Gasteiger partial charge in [0, 0.05) is 44.3 Å². The van der Waals surface area contributed by atoms with E-state index < -0.39 is 0 Å². The fraction of sp³-hybridized carbons (Fsp3) is 0.462. The van der Waals surface area contributed by atoms with Gasteiger partial charge in [-0.2, -0.15) is 10.2 Å². The number of aryl methyl sites for hydroxylation is 1. The van der Waals surface area contributed by atoms with Crippen molar-refractivity contribution in [3.05, 3.63) is 63.5 Å². The topological polar surface area (TPSA) is 78.0 Å². The summed E-state index contributed by atoms with van der Waals surface area (Å²) in [6, 6.07) is 11.3. The second-order valence-electron chi connectivity index (χ2n) is 9.43. The molecule has 0 N–H and O–H groups in total. The predicted octanol–water partition coefficient (Wildman–Crippen LogP) is 3.88. The Morgan fingerprint density at radius 3 is 2.68 bits per heavy atom. The summed E-state index contributed by atoms with van der Waals surface area (Å²) in [5.74, 6) is 0.921. The molecule has 5 rings (SSSR count). The van der Waals surface area contributed by atoms with E-state index in [4.69, 9.17) is 0 Å². The number of anilines is 1. The van der Waals surface area contributed by atoms with Gasteiger partial charge in [0.25, 0.3) is 0 Å². The summed E-state index contributed by atoms with van der Waals surface area (Å²) in [6.07, 6.45) is 3.19. The molecule has 34 heavy (non-hydrogen) atoms. The summed E-state index contributed by atoms with van der Waals surface area (Å²) in [6.45, 7) is 6.19. The van der Waals surface area contributed by atoms with Crippen LogP contribution in [0, 0.1) is 17.1 Å². The van der Waals surface area contributed by atoms with Crippen LogP contribution in [0.25, 0.3) is 11.0 Å². The summed E-state index contributed by atoms with van der Waals surface area (Å²) >= 11 is 0. The number of halogens is 1. The minimum atomic E-state index is -0.351. The standard InChI is InChI=1S/C26H29FN6O/c1-4-20-15-32(25-24-23(31(3)26(34)30-25)10-8-19(14-28)29-24)11-12-33(20)16(2)21-9-7-18(13-22(21)27)17-5-6-17/h7-10,13,16-17,20H,4-6,11-12,15H2,1-3H3. The number of fused-ring (bicyclic) bond motifs is 1. The molecule has 8 heteroatoms. The molecule has 0 spiro atoms. The van der Waals surface area contributed by atoms with Crippen LogP contribution in [0.5, 0.6) is 0 Å². The molecule has 2 fully saturated rings. The molecule has 2 unspecified atom stereocenters. The molecule has 2 aliphatic rings. The molecule has 1 aromatic carbocycles. The number of piperazine rings is 1. The van der Waals surface area contributed by atoms with Crippen LogP contribution in [0.4, 0.5) is 10.2 Å². The highest BCUT2D eigenvalue weighted by molar-refractivity contribution is 5.86. The van der Waals surface area contributed by atoms with Crippen molar-refractivity contribution >= 4 is 16.9 Å². The maximum absolute atomic E-state index is 15.0. The first kappa shape index (κ1) is 22.5. The van der Waals surface area contributed by atoms with E-state index in [9.17, 15) is 10.1 Å². The highest BCUT2D eigenvalue weighted by Gasteiger charge is 2.33. The van der Waals surface area contributed by atoms with Gasteiger partial charge < -0.3 is 4.90 Å². The zero-order chi connectivity index (χ0) is 24.0. The molecule has 1 aliphatic heterocycles. The Morgan fingerprint density at radius 1 is 1.21 bits per heavy atom. The molecule has 2 aromatic heterocycles.